The summed E-state index contributed by atoms with van der Waals surface area (Å²) in [5.41, 5.74) is 1.66. The highest BCUT2D eigenvalue weighted by atomic mass is 32.2. The molecule has 0 amide bonds. The molecule has 0 saturated carbocycles. The second-order valence-corrected chi connectivity index (χ2v) is 5.92. The Kier molecular flexibility index (Phi) is 3.72. The minimum Gasteiger partial charge on any atom is -0.370 e. The number of nitrogens with zero attached hydrogens (tertiary/aromatic N) is 2. The monoisotopic (exact) mass is 289 g/mol. The summed E-state index contributed by atoms with van der Waals surface area (Å²) in [5.74, 6) is -0.00641. The van der Waals surface area contributed by atoms with E-state index in [2.05, 4.69) is 4.98 Å². The van der Waals surface area contributed by atoms with Gasteiger partial charge in [0.15, 0.2) is 4.98 Å². The lowest BCUT2D eigenvalue weighted by Gasteiger charge is -2.06. The topological polar surface area (TPSA) is 71.5 Å². The van der Waals surface area contributed by atoms with Crippen molar-refractivity contribution in [3.05, 3.63) is 58.6 Å². The zero-order chi connectivity index (χ0) is 14.8. The molecule has 0 fully saturated rings. The molecule has 0 aromatic heterocycles. The number of hydrogen-bond acceptors (Lipinski definition) is 4. The molecule has 6 heteroatoms. The van der Waals surface area contributed by atoms with Crippen LogP contribution in [0.5, 0.6) is 5.75 Å². The third kappa shape index (κ3) is 2.78. The molecule has 0 saturated heterocycles. The van der Waals surface area contributed by atoms with Crippen LogP contribution >= 0.6 is 0 Å². The van der Waals surface area contributed by atoms with Crippen molar-refractivity contribution in [3.8, 4) is 5.75 Å². The normalized spacial score (nSPS) is 10.8. The van der Waals surface area contributed by atoms with E-state index in [-0.39, 0.29) is 16.3 Å². The molecule has 0 aliphatic heterocycles. The first kappa shape index (κ1) is 14.0. The van der Waals surface area contributed by atoms with Crippen molar-refractivity contribution in [3.63, 3.8) is 0 Å². The number of hydrogen-bond donors (Lipinski definition) is 0. The van der Waals surface area contributed by atoms with Gasteiger partial charge in [-0.2, -0.15) is 8.42 Å². The van der Waals surface area contributed by atoms with Crippen LogP contribution in [0.2, 0.25) is 0 Å². The van der Waals surface area contributed by atoms with E-state index < -0.39 is 10.1 Å². The molecule has 5 nitrogen and oxygen atoms in total. The maximum absolute atomic E-state index is 12.1. The second kappa shape index (κ2) is 5.31. The summed E-state index contributed by atoms with van der Waals surface area (Å²) >= 11 is 0. The third-order valence-corrected chi connectivity index (χ3v) is 4.06. The average molecular weight is 289 g/mol. The van der Waals surface area contributed by atoms with Gasteiger partial charge in [-0.25, -0.2) is 0 Å². The van der Waals surface area contributed by atoms with E-state index in [9.17, 15) is 8.42 Å². The molecule has 0 N–H and O–H groups in total. The van der Waals surface area contributed by atoms with Crippen molar-refractivity contribution >= 4 is 15.8 Å². The Morgan fingerprint density at radius 1 is 1.05 bits per heavy atom. The van der Waals surface area contributed by atoms with Crippen molar-refractivity contribution in [1.29, 1.82) is 5.39 Å². The van der Waals surface area contributed by atoms with Gasteiger partial charge in [-0.3, -0.25) is 0 Å². The molecule has 2 rings (SSSR count). The van der Waals surface area contributed by atoms with Crippen molar-refractivity contribution in [2.45, 2.75) is 18.7 Å². The van der Waals surface area contributed by atoms with E-state index in [1.807, 2.05) is 6.92 Å². The second-order valence-electron chi connectivity index (χ2n) is 4.37. The Labute approximate surface area is 117 Å². The molecular formula is C14H13N2O3S+. The fourth-order valence-corrected chi connectivity index (χ4v) is 2.64. The molecule has 0 unspecified atom stereocenters. The van der Waals surface area contributed by atoms with Crippen molar-refractivity contribution < 1.29 is 12.6 Å². The zero-order valence-corrected chi connectivity index (χ0v) is 11.9. The lowest BCUT2D eigenvalue weighted by molar-refractivity contribution is 0.487. The molecule has 0 bridgehead atoms. The highest BCUT2D eigenvalue weighted by molar-refractivity contribution is 7.87. The van der Waals surface area contributed by atoms with Crippen LogP contribution in [0.25, 0.3) is 4.98 Å². The van der Waals surface area contributed by atoms with E-state index in [0.29, 0.717) is 5.56 Å². The summed E-state index contributed by atoms with van der Waals surface area (Å²) < 4.78 is 29.3. The van der Waals surface area contributed by atoms with Crippen molar-refractivity contribution in [2.24, 2.45) is 0 Å². The number of rotatable bonds is 3. The van der Waals surface area contributed by atoms with Crippen LogP contribution in [-0.2, 0) is 10.1 Å². The van der Waals surface area contributed by atoms with Crippen LogP contribution in [0.1, 0.15) is 11.1 Å². The van der Waals surface area contributed by atoms with Gasteiger partial charge in [0.05, 0.1) is 0 Å². The van der Waals surface area contributed by atoms with Crippen LogP contribution in [0.4, 0.5) is 5.69 Å². The quantitative estimate of drug-likeness (QED) is 0.640. The first-order chi connectivity index (χ1) is 9.44. The van der Waals surface area contributed by atoms with Gasteiger partial charge < -0.3 is 4.18 Å². The standard InChI is InChI=1S/C14H13N2O3S/c1-10-6-8-12(9-7-10)20(17,18)19-13-5-3-4-11(2)14(13)16-15/h3-9H,1-2H3/q+1. The first-order valence-corrected chi connectivity index (χ1v) is 7.31. The van der Waals surface area contributed by atoms with Gasteiger partial charge in [0.2, 0.25) is 11.1 Å². The summed E-state index contributed by atoms with van der Waals surface area (Å²) in [6.07, 6.45) is 0. The van der Waals surface area contributed by atoms with Gasteiger partial charge in [-0.05, 0) is 32.0 Å². The van der Waals surface area contributed by atoms with Crippen LogP contribution < -0.4 is 4.18 Å². The lowest BCUT2D eigenvalue weighted by Crippen LogP contribution is -2.09. The fraction of sp³-hybridized carbons (Fsp3) is 0.143. The molecule has 2 aromatic rings. The van der Waals surface area contributed by atoms with E-state index >= 15 is 0 Å². The molecule has 20 heavy (non-hydrogen) atoms. The van der Waals surface area contributed by atoms with Crippen LogP contribution in [0.3, 0.4) is 0 Å². The van der Waals surface area contributed by atoms with E-state index in [4.69, 9.17) is 9.58 Å². The smallest absolute Gasteiger partial charge is 0.370 e. The Morgan fingerprint density at radius 3 is 2.30 bits per heavy atom. The van der Waals surface area contributed by atoms with E-state index in [1.165, 1.54) is 18.2 Å². The highest BCUT2D eigenvalue weighted by Gasteiger charge is 2.25. The van der Waals surface area contributed by atoms with Crippen LogP contribution in [-0.4, -0.2) is 8.42 Å². The van der Waals surface area contributed by atoms with Gasteiger partial charge in [-0.1, -0.05) is 29.8 Å². The third-order valence-electron chi connectivity index (χ3n) is 2.81. The van der Waals surface area contributed by atoms with E-state index in [1.54, 1.807) is 31.2 Å². The molecule has 0 spiro atoms. The SMILES string of the molecule is Cc1ccc(S(=O)(=O)Oc2cccc(C)c2[N+]#N)cc1. The number of benzene rings is 2. The Morgan fingerprint density at radius 2 is 1.70 bits per heavy atom. The molecule has 0 atom stereocenters. The largest absolute Gasteiger partial charge is 0.430 e. The minimum atomic E-state index is -3.95. The predicted molar refractivity (Wildman–Crippen MR) is 74.9 cm³/mol. The summed E-state index contributed by atoms with van der Waals surface area (Å²) in [7, 11) is -3.95. The number of aryl methyl sites for hydroxylation is 2. The van der Waals surface area contributed by atoms with E-state index in [0.717, 1.165) is 5.56 Å². The zero-order valence-electron chi connectivity index (χ0n) is 11.1. The van der Waals surface area contributed by atoms with Gasteiger partial charge in [-0.15, -0.1) is 0 Å². The molecule has 0 radical (unpaired) electrons. The molecule has 0 heterocycles. The summed E-state index contributed by atoms with van der Waals surface area (Å²) in [5, 5.41) is 8.95. The van der Waals surface area contributed by atoms with Crippen LogP contribution in [0, 0.1) is 19.2 Å². The molecule has 2 aromatic carbocycles. The Balaban J connectivity index is 2.42. The first-order valence-electron chi connectivity index (χ1n) is 5.90. The maximum atomic E-state index is 12.1. The predicted octanol–water partition coefficient (Wildman–Crippen LogP) is 3.56. The van der Waals surface area contributed by atoms with Gasteiger partial charge in [0.1, 0.15) is 4.90 Å². The summed E-state index contributed by atoms with van der Waals surface area (Å²) in [4.78, 5) is 3.12. The molecular weight excluding hydrogens is 276 g/mol. The summed E-state index contributed by atoms with van der Waals surface area (Å²) in [6, 6.07) is 11.1. The number of diazo groups is 1. The summed E-state index contributed by atoms with van der Waals surface area (Å²) in [6.45, 7) is 3.56. The molecule has 0 aliphatic rings. The maximum Gasteiger partial charge on any atom is 0.430 e. The van der Waals surface area contributed by atoms with Crippen molar-refractivity contribution in [2.75, 3.05) is 0 Å². The van der Waals surface area contributed by atoms with Crippen LogP contribution in [0.15, 0.2) is 47.4 Å². The Hall–Kier alpha value is -2.39. The van der Waals surface area contributed by atoms with Crippen molar-refractivity contribution in [1.82, 2.24) is 0 Å². The van der Waals surface area contributed by atoms with Gasteiger partial charge in [0, 0.05) is 5.56 Å². The fourth-order valence-electron chi connectivity index (χ4n) is 1.70. The minimum absolute atomic E-state index is 0.00641. The molecule has 102 valence electrons. The van der Waals surface area contributed by atoms with Gasteiger partial charge in [0.25, 0.3) is 0 Å². The Bertz CT molecular complexity index is 775. The molecule has 0 aliphatic carbocycles. The highest BCUT2D eigenvalue weighted by Crippen LogP contribution is 2.33. The van der Waals surface area contributed by atoms with Gasteiger partial charge >= 0.3 is 15.8 Å². The average Bonchev–Trinajstić information content (AvgIpc) is 2.39. The lowest BCUT2D eigenvalue weighted by atomic mass is 10.2.